The van der Waals surface area contributed by atoms with Gasteiger partial charge in [0.05, 0.1) is 10.9 Å². The minimum atomic E-state index is 0.167. The van der Waals surface area contributed by atoms with E-state index in [-0.39, 0.29) is 10.9 Å². The molecule has 1 atom stereocenters. The number of benzene rings is 3. The Labute approximate surface area is 117 Å². The van der Waals surface area contributed by atoms with Crippen LogP contribution in [0.15, 0.2) is 82.6 Å². The maximum Gasteiger partial charge on any atom is 0.168 e. The highest BCUT2D eigenvalue weighted by atomic mass is 32.2. The molecule has 0 aliphatic carbocycles. The Morgan fingerprint density at radius 2 is 1.42 bits per heavy atom. The molecule has 3 rings (SSSR count). The maximum absolute atomic E-state index is 2.28. The standard InChI is InChI=1S/C18H17S/c1-2-19(16-11-4-3-5-12-16)18-14-8-10-15-9-6-7-13-17(15)18/h3-14H,2H2,1H3/q+1. The minimum absolute atomic E-state index is 0.167. The molecule has 0 amide bonds. The van der Waals surface area contributed by atoms with Crippen LogP contribution in [0.5, 0.6) is 0 Å². The zero-order valence-electron chi connectivity index (χ0n) is 11.0. The second-order valence-corrected chi connectivity index (χ2v) is 6.74. The Kier molecular flexibility index (Phi) is 3.56. The normalized spacial score (nSPS) is 12.5. The van der Waals surface area contributed by atoms with Gasteiger partial charge in [-0.2, -0.15) is 0 Å². The molecule has 0 bridgehead atoms. The van der Waals surface area contributed by atoms with Gasteiger partial charge >= 0.3 is 0 Å². The zero-order valence-corrected chi connectivity index (χ0v) is 11.9. The van der Waals surface area contributed by atoms with Gasteiger partial charge in [0.1, 0.15) is 5.75 Å². The van der Waals surface area contributed by atoms with Gasteiger partial charge in [0, 0.05) is 5.39 Å². The van der Waals surface area contributed by atoms with Crippen LogP contribution >= 0.6 is 0 Å². The van der Waals surface area contributed by atoms with E-state index in [1.807, 2.05) is 0 Å². The van der Waals surface area contributed by atoms with E-state index in [1.54, 1.807) is 0 Å². The van der Waals surface area contributed by atoms with Crippen LogP contribution in [0.4, 0.5) is 0 Å². The molecule has 19 heavy (non-hydrogen) atoms. The molecule has 0 N–H and O–H groups in total. The number of hydrogen-bond donors (Lipinski definition) is 0. The van der Waals surface area contributed by atoms with E-state index in [2.05, 4.69) is 79.7 Å². The van der Waals surface area contributed by atoms with E-state index in [1.165, 1.54) is 20.6 Å². The molecule has 3 aromatic carbocycles. The molecular weight excluding hydrogens is 248 g/mol. The first-order valence-corrected chi connectivity index (χ1v) is 8.03. The SMILES string of the molecule is CC[S+](c1ccccc1)c1cccc2ccccc12. The monoisotopic (exact) mass is 265 g/mol. The molecule has 3 aromatic rings. The van der Waals surface area contributed by atoms with Gasteiger partial charge in [0.25, 0.3) is 0 Å². The molecular formula is C18H17S+. The smallest absolute Gasteiger partial charge is 0.0619 e. The number of rotatable bonds is 3. The lowest BCUT2D eigenvalue weighted by Crippen LogP contribution is -2.06. The Morgan fingerprint density at radius 3 is 2.21 bits per heavy atom. The molecule has 1 unspecified atom stereocenters. The predicted octanol–water partition coefficient (Wildman–Crippen LogP) is 4.90. The highest BCUT2D eigenvalue weighted by molar-refractivity contribution is 7.97. The third-order valence-corrected chi connectivity index (χ3v) is 5.64. The van der Waals surface area contributed by atoms with Crippen LogP contribution in [0.1, 0.15) is 6.92 Å². The summed E-state index contributed by atoms with van der Waals surface area (Å²) >= 11 is 0. The Morgan fingerprint density at radius 1 is 0.737 bits per heavy atom. The molecule has 0 saturated carbocycles. The van der Waals surface area contributed by atoms with Crippen LogP contribution in [0.25, 0.3) is 10.8 Å². The van der Waals surface area contributed by atoms with Crippen molar-refractivity contribution in [1.29, 1.82) is 0 Å². The second kappa shape index (κ2) is 5.50. The van der Waals surface area contributed by atoms with Gasteiger partial charge in [0.15, 0.2) is 9.79 Å². The maximum atomic E-state index is 2.28. The fourth-order valence-electron chi connectivity index (χ4n) is 2.44. The topological polar surface area (TPSA) is 0 Å². The molecule has 0 saturated heterocycles. The Balaban J connectivity index is 2.17. The lowest BCUT2D eigenvalue weighted by Gasteiger charge is -2.08. The van der Waals surface area contributed by atoms with Crippen LogP contribution < -0.4 is 0 Å². The van der Waals surface area contributed by atoms with E-state index in [9.17, 15) is 0 Å². The van der Waals surface area contributed by atoms with Crippen LogP contribution in [0.3, 0.4) is 0 Å². The second-order valence-electron chi connectivity index (χ2n) is 4.47. The lowest BCUT2D eigenvalue weighted by molar-refractivity contribution is 1.36. The fraction of sp³-hybridized carbons (Fsp3) is 0.111. The average molecular weight is 265 g/mol. The van der Waals surface area contributed by atoms with Crippen molar-refractivity contribution >= 4 is 21.7 Å². The summed E-state index contributed by atoms with van der Waals surface area (Å²) in [5.74, 6) is 1.15. The molecule has 0 fully saturated rings. The van der Waals surface area contributed by atoms with E-state index in [4.69, 9.17) is 0 Å². The minimum Gasteiger partial charge on any atom is -0.0619 e. The lowest BCUT2D eigenvalue weighted by atomic mass is 10.1. The molecule has 94 valence electrons. The molecule has 1 heteroatoms. The van der Waals surface area contributed by atoms with Crippen LogP contribution in [-0.4, -0.2) is 5.75 Å². The van der Waals surface area contributed by atoms with Crippen molar-refractivity contribution in [3.8, 4) is 0 Å². The summed E-state index contributed by atoms with van der Waals surface area (Å²) in [6.07, 6.45) is 0. The van der Waals surface area contributed by atoms with Crippen molar-refractivity contribution in [2.24, 2.45) is 0 Å². The van der Waals surface area contributed by atoms with Crippen molar-refractivity contribution in [2.45, 2.75) is 16.7 Å². The highest BCUT2D eigenvalue weighted by Crippen LogP contribution is 2.29. The predicted molar refractivity (Wildman–Crippen MR) is 84.8 cm³/mol. The largest absolute Gasteiger partial charge is 0.168 e. The molecule has 0 spiro atoms. The first-order valence-electron chi connectivity index (χ1n) is 6.64. The molecule has 0 radical (unpaired) electrons. The molecule has 0 aromatic heterocycles. The van der Waals surface area contributed by atoms with E-state index < -0.39 is 0 Å². The summed E-state index contributed by atoms with van der Waals surface area (Å²) in [5, 5.41) is 2.72. The van der Waals surface area contributed by atoms with Gasteiger partial charge in [-0.15, -0.1) is 0 Å². The molecule has 0 nitrogen and oxygen atoms in total. The first-order chi connectivity index (χ1) is 9.40. The zero-order chi connectivity index (χ0) is 13.1. The van der Waals surface area contributed by atoms with E-state index in [0.29, 0.717) is 0 Å². The van der Waals surface area contributed by atoms with Crippen molar-refractivity contribution in [2.75, 3.05) is 5.75 Å². The summed E-state index contributed by atoms with van der Waals surface area (Å²) in [4.78, 5) is 2.90. The van der Waals surface area contributed by atoms with E-state index in [0.717, 1.165) is 5.75 Å². The third-order valence-electron chi connectivity index (χ3n) is 3.33. The molecule has 0 heterocycles. The van der Waals surface area contributed by atoms with Crippen LogP contribution in [0.2, 0.25) is 0 Å². The van der Waals surface area contributed by atoms with Gasteiger partial charge < -0.3 is 0 Å². The van der Waals surface area contributed by atoms with Gasteiger partial charge in [0.2, 0.25) is 0 Å². The van der Waals surface area contributed by atoms with E-state index >= 15 is 0 Å². The number of hydrogen-bond acceptors (Lipinski definition) is 0. The highest BCUT2D eigenvalue weighted by Gasteiger charge is 2.24. The van der Waals surface area contributed by atoms with Crippen molar-refractivity contribution < 1.29 is 0 Å². The van der Waals surface area contributed by atoms with Crippen molar-refractivity contribution in [1.82, 2.24) is 0 Å². The Hall–Kier alpha value is -1.73. The summed E-state index contributed by atoms with van der Waals surface area (Å²) in [6, 6.07) is 26.2. The van der Waals surface area contributed by atoms with Crippen molar-refractivity contribution in [3.05, 3.63) is 72.8 Å². The Bertz CT molecular complexity index is 668. The summed E-state index contributed by atoms with van der Waals surface area (Å²) in [7, 11) is 0.167. The van der Waals surface area contributed by atoms with Crippen LogP contribution in [-0.2, 0) is 10.9 Å². The quantitative estimate of drug-likeness (QED) is 0.591. The van der Waals surface area contributed by atoms with Gasteiger partial charge in [-0.1, -0.05) is 48.5 Å². The molecule has 0 aliphatic heterocycles. The van der Waals surface area contributed by atoms with Crippen molar-refractivity contribution in [3.63, 3.8) is 0 Å². The summed E-state index contributed by atoms with van der Waals surface area (Å²) in [6.45, 7) is 2.28. The van der Waals surface area contributed by atoms with Gasteiger partial charge in [-0.25, -0.2) is 0 Å². The fourth-order valence-corrected chi connectivity index (χ4v) is 4.52. The van der Waals surface area contributed by atoms with Gasteiger partial charge in [-0.3, -0.25) is 0 Å². The summed E-state index contributed by atoms with van der Waals surface area (Å²) < 4.78 is 0. The summed E-state index contributed by atoms with van der Waals surface area (Å²) in [5.41, 5.74) is 0. The first kappa shape index (κ1) is 12.3. The number of fused-ring (bicyclic) bond motifs is 1. The average Bonchev–Trinajstić information content (AvgIpc) is 2.49. The molecule has 0 aliphatic rings. The third kappa shape index (κ3) is 2.39. The van der Waals surface area contributed by atoms with Crippen LogP contribution in [0, 0.1) is 0 Å². The van der Waals surface area contributed by atoms with Gasteiger partial charge in [-0.05, 0) is 36.6 Å².